The van der Waals surface area contributed by atoms with E-state index in [-0.39, 0.29) is 11.9 Å². The summed E-state index contributed by atoms with van der Waals surface area (Å²) in [5.41, 5.74) is 2.41. The van der Waals surface area contributed by atoms with Crippen LogP contribution in [0, 0.1) is 5.82 Å². The lowest BCUT2D eigenvalue weighted by atomic mass is 10.0. The molecule has 0 aliphatic carbocycles. The van der Waals surface area contributed by atoms with E-state index in [0.717, 1.165) is 35.8 Å². The van der Waals surface area contributed by atoms with Crippen molar-refractivity contribution in [2.75, 3.05) is 6.54 Å². The number of aryl methyl sites for hydroxylation is 1. The van der Waals surface area contributed by atoms with Gasteiger partial charge in [0.25, 0.3) is 0 Å². The fourth-order valence-electron chi connectivity index (χ4n) is 2.49. The molecule has 0 aliphatic rings. The van der Waals surface area contributed by atoms with Gasteiger partial charge in [-0.05, 0) is 66.6 Å². The van der Waals surface area contributed by atoms with E-state index in [4.69, 9.17) is 0 Å². The summed E-state index contributed by atoms with van der Waals surface area (Å²) < 4.78 is 14.4. The van der Waals surface area contributed by atoms with Crippen LogP contribution in [-0.4, -0.2) is 6.54 Å². The van der Waals surface area contributed by atoms with Gasteiger partial charge in [0.2, 0.25) is 0 Å². The molecule has 1 aromatic carbocycles. The largest absolute Gasteiger partial charge is 0.309 e. The Kier molecular flexibility index (Phi) is 6.40. The van der Waals surface area contributed by atoms with Crippen LogP contribution in [0.5, 0.6) is 0 Å². The first-order chi connectivity index (χ1) is 10.1. The Morgan fingerprint density at radius 3 is 2.76 bits per heavy atom. The summed E-state index contributed by atoms with van der Waals surface area (Å²) in [4.78, 5) is 1.38. The van der Waals surface area contributed by atoms with Crippen LogP contribution in [0.2, 0.25) is 0 Å². The highest BCUT2D eigenvalue weighted by Crippen LogP contribution is 2.29. The molecule has 2 rings (SSSR count). The van der Waals surface area contributed by atoms with Crippen LogP contribution in [0.25, 0.3) is 0 Å². The first kappa shape index (κ1) is 16.7. The van der Waals surface area contributed by atoms with Gasteiger partial charge in [0, 0.05) is 15.4 Å². The number of hydrogen-bond donors (Lipinski definition) is 1. The molecule has 1 unspecified atom stereocenters. The standard InChI is InChI=1S/C17H21BrFNS/c1-3-6-20-16(17-13(4-2)5-7-21-17)10-12-8-14(18)11-15(19)9-12/h5,7-9,11,16,20H,3-4,6,10H2,1-2H3. The lowest BCUT2D eigenvalue weighted by Gasteiger charge is -2.19. The predicted molar refractivity (Wildman–Crippen MR) is 92.5 cm³/mol. The first-order valence-electron chi connectivity index (χ1n) is 7.38. The quantitative estimate of drug-likeness (QED) is 0.679. The fourth-order valence-corrected chi connectivity index (χ4v) is 4.07. The minimum absolute atomic E-state index is 0.185. The summed E-state index contributed by atoms with van der Waals surface area (Å²) >= 11 is 5.17. The summed E-state index contributed by atoms with van der Waals surface area (Å²) in [6, 6.07) is 7.59. The molecule has 4 heteroatoms. The van der Waals surface area contributed by atoms with Gasteiger partial charge in [0.1, 0.15) is 5.82 Å². The molecule has 2 aromatic rings. The molecule has 1 atom stereocenters. The number of rotatable bonds is 7. The van der Waals surface area contributed by atoms with E-state index in [1.165, 1.54) is 16.5 Å². The Balaban J connectivity index is 2.23. The molecular weight excluding hydrogens is 349 g/mol. The predicted octanol–water partition coefficient (Wildman–Crippen LogP) is 5.50. The molecule has 0 amide bonds. The summed E-state index contributed by atoms with van der Waals surface area (Å²) in [7, 11) is 0. The first-order valence-corrected chi connectivity index (χ1v) is 9.05. The Hall–Kier alpha value is -0.710. The molecule has 1 aromatic heterocycles. The number of benzene rings is 1. The molecule has 21 heavy (non-hydrogen) atoms. The molecule has 0 radical (unpaired) electrons. The van der Waals surface area contributed by atoms with Gasteiger partial charge in [-0.3, -0.25) is 0 Å². The minimum atomic E-state index is -0.185. The van der Waals surface area contributed by atoms with Gasteiger partial charge in [-0.15, -0.1) is 11.3 Å². The molecule has 1 nitrogen and oxygen atoms in total. The minimum Gasteiger partial charge on any atom is -0.309 e. The SMILES string of the molecule is CCCNC(Cc1cc(F)cc(Br)c1)c1sccc1CC. The number of hydrogen-bond acceptors (Lipinski definition) is 2. The van der Waals surface area contributed by atoms with Gasteiger partial charge in [0.15, 0.2) is 0 Å². The topological polar surface area (TPSA) is 12.0 Å². The second-order valence-corrected chi connectivity index (χ2v) is 7.02. The Bertz CT molecular complexity index is 562. The van der Waals surface area contributed by atoms with Crippen LogP contribution in [0.3, 0.4) is 0 Å². The van der Waals surface area contributed by atoms with Crippen molar-refractivity contribution in [1.29, 1.82) is 0 Å². The van der Waals surface area contributed by atoms with Crippen molar-refractivity contribution in [2.45, 2.75) is 39.2 Å². The van der Waals surface area contributed by atoms with Crippen molar-refractivity contribution < 1.29 is 4.39 Å². The third kappa shape index (κ3) is 4.63. The van der Waals surface area contributed by atoms with E-state index in [9.17, 15) is 4.39 Å². The van der Waals surface area contributed by atoms with Gasteiger partial charge in [-0.25, -0.2) is 4.39 Å². The zero-order chi connectivity index (χ0) is 15.2. The third-order valence-electron chi connectivity index (χ3n) is 3.48. The highest BCUT2D eigenvalue weighted by atomic mass is 79.9. The van der Waals surface area contributed by atoms with Crippen LogP contribution >= 0.6 is 27.3 Å². The summed E-state index contributed by atoms with van der Waals surface area (Å²) in [5, 5.41) is 5.76. The van der Waals surface area contributed by atoms with Gasteiger partial charge in [-0.2, -0.15) is 0 Å². The van der Waals surface area contributed by atoms with E-state index in [2.05, 4.69) is 46.5 Å². The maximum Gasteiger partial charge on any atom is 0.124 e. The second kappa shape index (κ2) is 8.06. The van der Waals surface area contributed by atoms with Crippen LogP contribution in [-0.2, 0) is 12.8 Å². The molecular formula is C17H21BrFNS. The molecule has 114 valence electrons. The second-order valence-electron chi connectivity index (χ2n) is 5.15. The molecule has 0 fully saturated rings. The molecule has 0 saturated heterocycles. The molecule has 0 saturated carbocycles. The molecule has 0 spiro atoms. The zero-order valence-corrected chi connectivity index (χ0v) is 14.9. The van der Waals surface area contributed by atoms with E-state index < -0.39 is 0 Å². The van der Waals surface area contributed by atoms with E-state index in [0.29, 0.717) is 0 Å². The maximum atomic E-state index is 13.6. The Morgan fingerprint density at radius 2 is 2.10 bits per heavy atom. The van der Waals surface area contributed by atoms with Crippen LogP contribution in [0.1, 0.15) is 42.3 Å². The molecule has 0 aliphatic heterocycles. The number of thiophene rings is 1. The normalized spacial score (nSPS) is 12.6. The van der Waals surface area contributed by atoms with E-state index in [1.807, 2.05) is 6.07 Å². The van der Waals surface area contributed by atoms with Crippen molar-refractivity contribution in [3.8, 4) is 0 Å². The number of halogens is 2. The van der Waals surface area contributed by atoms with Crippen LogP contribution < -0.4 is 5.32 Å². The summed E-state index contributed by atoms with van der Waals surface area (Å²) in [6.07, 6.45) is 2.94. The average Bonchev–Trinajstić information content (AvgIpc) is 2.90. The highest BCUT2D eigenvalue weighted by Gasteiger charge is 2.16. The average molecular weight is 370 g/mol. The fraction of sp³-hybridized carbons (Fsp3) is 0.412. The van der Waals surface area contributed by atoms with Crippen molar-refractivity contribution in [1.82, 2.24) is 5.32 Å². The van der Waals surface area contributed by atoms with Gasteiger partial charge in [-0.1, -0.05) is 29.8 Å². The van der Waals surface area contributed by atoms with Crippen LogP contribution in [0.15, 0.2) is 34.1 Å². The zero-order valence-electron chi connectivity index (χ0n) is 12.5. The maximum absolute atomic E-state index is 13.6. The lowest BCUT2D eigenvalue weighted by Crippen LogP contribution is -2.24. The third-order valence-corrected chi connectivity index (χ3v) is 5.01. The monoisotopic (exact) mass is 369 g/mol. The van der Waals surface area contributed by atoms with E-state index >= 15 is 0 Å². The van der Waals surface area contributed by atoms with Gasteiger partial charge in [0.05, 0.1) is 0 Å². The lowest BCUT2D eigenvalue weighted by molar-refractivity contribution is 0.531. The van der Waals surface area contributed by atoms with Crippen molar-refractivity contribution in [2.24, 2.45) is 0 Å². The Labute approximate surface area is 138 Å². The molecule has 1 N–H and O–H groups in total. The summed E-state index contributed by atoms with van der Waals surface area (Å²) in [6.45, 7) is 5.32. The van der Waals surface area contributed by atoms with Crippen molar-refractivity contribution in [3.63, 3.8) is 0 Å². The molecule has 0 bridgehead atoms. The van der Waals surface area contributed by atoms with Crippen molar-refractivity contribution >= 4 is 27.3 Å². The number of nitrogens with one attached hydrogen (secondary N) is 1. The van der Waals surface area contributed by atoms with E-state index in [1.54, 1.807) is 17.4 Å². The van der Waals surface area contributed by atoms with Gasteiger partial charge < -0.3 is 5.32 Å². The van der Waals surface area contributed by atoms with Crippen molar-refractivity contribution in [3.05, 3.63) is 55.9 Å². The van der Waals surface area contributed by atoms with Gasteiger partial charge >= 0.3 is 0 Å². The molecule has 1 heterocycles. The highest BCUT2D eigenvalue weighted by molar-refractivity contribution is 9.10. The van der Waals surface area contributed by atoms with Crippen LogP contribution in [0.4, 0.5) is 4.39 Å². The Morgan fingerprint density at radius 1 is 1.29 bits per heavy atom. The smallest absolute Gasteiger partial charge is 0.124 e. The summed E-state index contributed by atoms with van der Waals surface area (Å²) in [5.74, 6) is -0.185.